The lowest BCUT2D eigenvalue weighted by atomic mass is 9.87. The van der Waals surface area contributed by atoms with E-state index in [0.29, 0.717) is 31.5 Å². The molecule has 0 aromatic heterocycles. The van der Waals surface area contributed by atoms with Gasteiger partial charge in [0.25, 0.3) is 5.91 Å². The van der Waals surface area contributed by atoms with Crippen LogP contribution in [0.5, 0.6) is 0 Å². The number of carbonyl (C=O) groups excluding carboxylic acids is 3. The van der Waals surface area contributed by atoms with E-state index in [1.165, 1.54) is 24.3 Å². The molecule has 3 fully saturated rings. The number of piperidine rings is 2. The summed E-state index contributed by atoms with van der Waals surface area (Å²) in [6.07, 6.45) is 6.47. The van der Waals surface area contributed by atoms with Crippen LogP contribution in [0.3, 0.4) is 0 Å². The maximum absolute atomic E-state index is 13.3. The third kappa shape index (κ3) is 4.82. The van der Waals surface area contributed by atoms with Gasteiger partial charge in [0.1, 0.15) is 11.9 Å². The van der Waals surface area contributed by atoms with E-state index in [9.17, 15) is 18.8 Å². The summed E-state index contributed by atoms with van der Waals surface area (Å²) in [5, 5.41) is 2.94. The first-order valence-corrected chi connectivity index (χ1v) is 11.2. The maximum Gasteiger partial charge on any atom is 0.251 e. The minimum atomic E-state index is -0.612. The third-order valence-corrected chi connectivity index (χ3v) is 6.58. The fraction of sp³-hybridized carbons (Fsp3) is 0.609. The van der Waals surface area contributed by atoms with Crippen molar-refractivity contribution in [3.05, 3.63) is 35.6 Å². The molecular weight excluding hydrogens is 385 g/mol. The van der Waals surface area contributed by atoms with Crippen LogP contribution in [0.15, 0.2) is 24.3 Å². The molecule has 2 heterocycles. The smallest absolute Gasteiger partial charge is 0.251 e. The molecule has 1 N–H and O–H groups in total. The highest BCUT2D eigenvalue weighted by molar-refractivity contribution is 5.97. The van der Waals surface area contributed by atoms with E-state index >= 15 is 0 Å². The van der Waals surface area contributed by atoms with Crippen LogP contribution < -0.4 is 5.32 Å². The topological polar surface area (TPSA) is 69.7 Å². The number of hydrogen-bond donors (Lipinski definition) is 1. The van der Waals surface area contributed by atoms with Crippen molar-refractivity contribution in [2.75, 3.05) is 26.2 Å². The van der Waals surface area contributed by atoms with Crippen molar-refractivity contribution in [2.45, 2.75) is 51.0 Å². The average Bonchev–Trinajstić information content (AvgIpc) is 3.63. The van der Waals surface area contributed by atoms with E-state index < -0.39 is 11.9 Å². The Morgan fingerprint density at radius 3 is 2.10 bits per heavy atom. The van der Waals surface area contributed by atoms with E-state index in [4.69, 9.17) is 0 Å². The van der Waals surface area contributed by atoms with Crippen LogP contribution in [-0.4, -0.2) is 59.7 Å². The van der Waals surface area contributed by atoms with E-state index in [0.717, 1.165) is 45.2 Å². The van der Waals surface area contributed by atoms with Crippen LogP contribution in [0, 0.1) is 17.7 Å². The molecule has 2 aliphatic heterocycles. The van der Waals surface area contributed by atoms with Crippen LogP contribution in [-0.2, 0) is 9.59 Å². The summed E-state index contributed by atoms with van der Waals surface area (Å²) in [6.45, 7) is 2.72. The van der Waals surface area contributed by atoms with Crippen LogP contribution >= 0.6 is 0 Å². The summed E-state index contributed by atoms with van der Waals surface area (Å²) >= 11 is 0. The Bertz CT molecular complexity index is 779. The molecule has 30 heavy (non-hydrogen) atoms. The van der Waals surface area contributed by atoms with Crippen molar-refractivity contribution < 1.29 is 18.8 Å². The van der Waals surface area contributed by atoms with Gasteiger partial charge in [-0.1, -0.05) is 0 Å². The quantitative estimate of drug-likeness (QED) is 0.804. The Balaban J connectivity index is 1.45. The summed E-state index contributed by atoms with van der Waals surface area (Å²) in [5.74, 6) is -0.362. The molecule has 1 aromatic carbocycles. The minimum Gasteiger partial charge on any atom is -0.342 e. The third-order valence-electron chi connectivity index (χ3n) is 6.58. The molecule has 0 radical (unpaired) electrons. The highest BCUT2D eigenvalue weighted by Crippen LogP contribution is 2.33. The summed E-state index contributed by atoms with van der Waals surface area (Å²) in [5.41, 5.74) is 0.342. The molecule has 3 amide bonds. The molecule has 1 atom stereocenters. The zero-order valence-corrected chi connectivity index (χ0v) is 17.3. The zero-order valence-electron chi connectivity index (χ0n) is 17.3. The summed E-state index contributed by atoms with van der Waals surface area (Å²) < 4.78 is 13.2. The SMILES string of the molecule is O=C(N[C@@H](C(=O)N1CCCCC1)C1CCN(C(=O)C2CC2)CC1)c1ccc(F)cc1. The van der Waals surface area contributed by atoms with Gasteiger partial charge in [0, 0.05) is 37.7 Å². The first kappa shape index (κ1) is 20.8. The molecule has 1 aliphatic carbocycles. The van der Waals surface area contributed by atoms with Crippen LogP contribution in [0.1, 0.15) is 55.3 Å². The minimum absolute atomic E-state index is 0.00734. The standard InChI is InChI=1S/C23H30FN3O3/c24-19-8-6-17(7-9-19)21(28)25-20(23(30)26-12-2-1-3-13-26)16-10-14-27(15-11-16)22(29)18-4-5-18/h6-9,16,18,20H,1-5,10-15H2,(H,25,28)/t20-/m1/s1. The summed E-state index contributed by atoms with van der Waals surface area (Å²) in [4.78, 5) is 42.3. The Kier molecular flexibility index (Phi) is 6.35. The number of nitrogens with one attached hydrogen (secondary N) is 1. The highest BCUT2D eigenvalue weighted by Gasteiger charge is 2.39. The number of hydrogen-bond acceptors (Lipinski definition) is 3. The van der Waals surface area contributed by atoms with Gasteiger partial charge < -0.3 is 15.1 Å². The van der Waals surface area contributed by atoms with E-state index in [-0.39, 0.29) is 29.6 Å². The number of benzene rings is 1. The molecule has 0 spiro atoms. The molecule has 0 bridgehead atoms. The van der Waals surface area contributed by atoms with Gasteiger partial charge >= 0.3 is 0 Å². The number of amides is 3. The van der Waals surface area contributed by atoms with Gasteiger partial charge in [0.2, 0.25) is 11.8 Å². The molecule has 2 saturated heterocycles. The van der Waals surface area contributed by atoms with Gasteiger partial charge in [-0.2, -0.15) is 0 Å². The van der Waals surface area contributed by atoms with Gasteiger partial charge in [-0.3, -0.25) is 14.4 Å². The Morgan fingerprint density at radius 1 is 0.867 bits per heavy atom. The fourth-order valence-corrected chi connectivity index (χ4v) is 4.56. The first-order valence-electron chi connectivity index (χ1n) is 11.2. The normalized spacial score (nSPS) is 21.2. The van der Waals surface area contributed by atoms with Crippen molar-refractivity contribution in [3.8, 4) is 0 Å². The van der Waals surface area contributed by atoms with E-state index in [2.05, 4.69) is 5.32 Å². The predicted molar refractivity (Wildman–Crippen MR) is 110 cm³/mol. The molecule has 4 rings (SSSR count). The van der Waals surface area contributed by atoms with Crippen LogP contribution in [0.25, 0.3) is 0 Å². The van der Waals surface area contributed by atoms with Crippen LogP contribution in [0.2, 0.25) is 0 Å². The molecule has 3 aliphatic rings. The van der Waals surface area contributed by atoms with Crippen molar-refractivity contribution in [2.24, 2.45) is 11.8 Å². The average molecular weight is 416 g/mol. The highest BCUT2D eigenvalue weighted by atomic mass is 19.1. The number of nitrogens with zero attached hydrogens (tertiary/aromatic N) is 2. The monoisotopic (exact) mass is 415 g/mol. The Labute approximate surface area is 176 Å². The van der Waals surface area contributed by atoms with Gasteiger partial charge in [-0.15, -0.1) is 0 Å². The largest absolute Gasteiger partial charge is 0.342 e. The molecule has 1 aromatic rings. The molecule has 162 valence electrons. The number of likely N-dealkylation sites (tertiary alicyclic amines) is 2. The van der Waals surface area contributed by atoms with E-state index in [1.54, 1.807) is 0 Å². The maximum atomic E-state index is 13.3. The zero-order chi connectivity index (χ0) is 21.1. The first-order chi connectivity index (χ1) is 14.5. The van der Waals surface area contributed by atoms with Gasteiger partial charge in [0.15, 0.2) is 0 Å². The molecule has 0 unspecified atom stereocenters. The lowest BCUT2D eigenvalue weighted by Crippen LogP contribution is -2.55. The number of carbonyl (C=O) groups is 3. The van der Waals surface area contributed by atoms with Crippen molar-refractivity contribution in [1.82, 2.24) is 15.1 Å². The van der Waals surface area contributed by atoms with E-state index in [1.807, 2.05) is 9.80 Å². The van der Waals surface area contributed by atoms with Gasteiger partial charge in [-0.25, -0.2) is 4.39 Å². The Hall–Kier alpha value is -2.44. The molecule has 6 nitrogen and oxygen atoms in total. The second kappa shape index (κ2) is 9.14. The van der Waals surface area contributed by atoms with Gasteiger partial charge in [0.05, 0.1) is 0 Å². The number of halogens is 1. The fourth-order valence-electron chi connectivity index (χ4n) is 4.56. The van der Waals surface area contributed by atoms with Gasteiger partial charge in [-0.05, 0) is 75.1 Å². The van der Waals surface area contributed by atoms with Crippen LogP contribution in [0.4, 0.5) is 4.39 Å². The Morgan fingerprint density at radius 2 is 1.50 bits per heavy atom. The molecular formula is C23H30FN3O3. The second-order valence-corrected chi connectivity index (χ2v) is 8.78. The van der Waals surface area contributed by atoms with Crippen molar-refractivity contribution >= 4 is 17.7 Å². The lowest BCUT2D eigenvalue weighted by Gasteiger charge is -2.38. The lowest BCUT2D eigenvalue weighted by molar-refractivity contribution is -0.137. The van der Waals surface area contributed by atoms with Crippen molar-refractivity contribution in [1.29, 1.82) is 0 Å². The van der Waals surface area contributed by atoms with Crippen molar-refractivity contribution in [3.63, 3.8) is 0 Å². The second-order valence-electron chi connectivity index (χ2n) is 8.78. The molecule has 1 saturated carbocycles. The number of rotatable bonds is 5. The predicted octanol–water partition coefficient (Wildman–Crippen LogP) is 2.59. The summed E-state index contributed by atoms with van der Waals surface area (Å²) in [6, 6.07) is 4.75. The molecule has 7 heteroatoms. The summed E-state index contributed by atoms with van der Waals surface area (Å²) in [7, 11) is 0.